The second-order valence-corrected chi connectivity index (χ2v) is 8.94. The van der Waals surface area contributed by atoms with Crippen molar-refractivity contribution in [2.24, 2.45) is 22.2 Å². The molecule has 1 N–H and O–H groups in total. The van der Waals surface area contributed by atoms with Crippen molar-refractivity contribution in [2.75, 3.05) is 46.4 Å². The molecule has 2 heterocycles. The van der Waals surface area contributed by atoms with Crippen molar-refractivity contribution in [3.63, 3.8) is 0 Å². The number of hydrogen-bond acceptors (Lipinski definition) is 3. The first-order chi connectivity index (χ1) is 12.7. The molecule has 26 heavy (non-hydrogen) atoms. The van der Waals surface area contributed by atoms with Crippen LogP contribution in [-0.2, 0) is 4.74 Å². The molecule has 0 radical (unpaired) electrons. The summed E-state index contributed by atoms with van der Waals surface area (Å²) >= 11 is 0. The Kier molecular flexibility index (Phi) is 5.47. The van der Waals surface area contributed by atoms with E-state index >= 15 is 0 Å². The predicted molar refractivity (Wildman–Crippen MR) is 106 cm³/mol. The third kappa shape index (κ3) is 3.05. The number of aliphatic imine (C=N–C) groups is 1. The Morgan fingerprint density at radius 1 is 1.23 bits per heavy atom. The molecule has 4 atom stereocenters. The molecule has 5 nitrogen and oxygen atoms in total. The molecule has 0 aromatic carbocycles. The maximum atomic E-state index is 6.15. The first kappa shape index (κ1) is 18.5. The highest BCUT2D eigenvalue weighted by atomic mass is 16.5. The van der Waals surface area contributed by atoms with Crippen molar-refractivity contribution in [1.82, 2.24) is 15.1 Å². The topological polar surface area (TPSA) is 40.1 Å². The van der Waals surface area contributed by atoms with Crippen LogP contribution in [0.15, 0.2) is 4.99 Å². The van der Waals surface area contributed by atoms with Crippen LogP contribution in [0.4, 0.5) is 0 Å². The second-order valence-electron chi connectivity index (χ2n) is 8.94. The van der Waals surface area contributed by atoms with Crippen LogP contribution in [-0.4, -0.2) is 74.3 Å². The fourth-order valence-electron chi connectivity index (χ4n) is 6.36. The van der Waals surface area contributed by atoms with Crippen LogP contribution >= 0.6 is 0 Å². The number of ether oxygens (including phenoxy) is 1. The molecule has 4 fully saturated rings. The average molecular weight is 363 g/mol. The summed E-state index contributed by atoms with van der Waals surface area (Å²) < 4.78 is 6.15. The van der Waals surface area contributed by atoms with E-state index in [0.717, 1.165) is 44.7 Å². The summed E-state index contributed by atoms with van der Waals surface area (Å²) in [4.78, 5) is 9.77. The Morgan fingerprint density at radius 2 is 2.00 bits per heavy atom. The molecule has 2 aliphatic carbocycles. The van der Waals surface area contributed by atoms with Gasteiger partial charge in [0.05, 0.1) is 6.10 Å². The summed E-state index contributed by atoms with van der Waals surface area (Å²) in [6.45, 7) is 11.4. The lowest BCUT2D eigenvalue weighted by molar-refractivity contribution is -0.125. The van der Waals surface area contributed by atoms with Crippen molar-refractivity contribution < 1.29 is 4.74 Å². The van der Waals surface area contributed by atoms with Gasteiger partial charge in [-0.25, -0.2) is 0 Å². The number of nitrogens with zero attached hydrogens (tertiary/aromatic N) is 3. The number of hydrogen-bond donors (Lipinski definition) is 1. The minimum absolute atomic E-state index is 0.400. The molecule has 0 aromatic heterocycles. The third-order valence-electron chi connectivity index (χ3n) is 7.78. The SMILES string of the molecule is CCN(CC)CC1CCN(C(=NC)NC2C3CCOC3C23CCCC3)C1. The lowest BCUT2D eigenvalue weighted by Gasteiger charge is -2.57. The summed E-state index contributed by atoms with van der Waals surface area (Å²) in [5, 5.41) is 3.93. The highest BCUT2D eigenvalue weighted by Gasteiger charge is 2.65. The van der Waals surface area contributed by atoms with Crippen molar-refractivity contribution in [3.8, 4) is 0 Å². The van der Waals surface area contributed by atoms with Crippen LogP contribution in [0.25, 0.3) is 0 Å². The number of fused-ring (bicyclic) bond motifs is 2. The fraction of sp³-hybridized carbons (Fsp3) is 0.952. The number of guanidine groups is 1. The Bertz CT molecular complexity index is 512. The van der Waals surface area contributed by atoms with Crippen LogP contribution in [0.2, 0.25) is 0 Å². The van der Waals surface area contributed by atoms with Crippen LogP contribution in [0.1, 0.15) is 52.4 Å². The molecule has 1 spiro atoms. The van der Waals surface area contributed by atoms with Gasteiger partial charge in [-0.1, -0.05) is 26.7 Å². The summed E-state index contributed by atoms with van der Waals surface area (Å²) in [5.41, 5.74) is 0.400. The molecule has 0 aromatic rings. The van der Waals surface area contributed by atoms with Crippen LogP contribution in [0.5, 0.6) is 0 Å². The van der Waals surface area contributed by atoms with E-state index in [9.17, 15) is 0 Å². The van der Waals surface area contributed by atoms with E-state index in [1.165, 1.54) is 45.1 Å². The number of rotatable bonds is 5. The summed E-state index contributed by atoms with van der Waals surface area (Å²) in [7, 11) is 1.96. The Balaban J connectivity index is 1.38. The van der Waals surface area contributed by atoms with E-state index in [2.05, 4.69) is 29.0 Å². The zero-order valence-corrected chi connectivity index (χ0v) is 17.0. The van der Waals surface area contributed by atoms with Gasteiger partial charge >= 0.3 is 0 Å². The monoisotopic (exact) mass is 362 g/mol. The molecule has 4 rings (SSSR count). The van der Waals surface area contributed by atoms with Crippen molar-refractivity contribution in [1.29, 1.82) is 0 Å². The van der Waals surface area contributed by atoms with Gasteiger partial charge in [0, 0.05) is 50.7 Å². The summed E-state index contributed by atoms with van der Waals surface area (Å²) in [6, 6.07) is 0.582. The summed E-state index contributed by atoms with van der Waals surface area (Å²) in [5.74, 6) is 2.63. The van der Waals surface area contributed by atoms with Gasteiger partial charge in [0.1, 0.15) is 0 Å². The van der Waals surface area contributed by atoms with Crippen molar-refractivity contribution in [3.05, 3.63) is 0 Å². The number of likely N-dealkylation sites (tertiary alicyclic amines) is 1. The van der Waals surface area contributed by atoms with Crippen LogP contribution in [0, 0.1) is 17.3 Å². The van der Waals surface area contributed by atoms with Gasteiger partial charge in [-0.2, -0.15) is 0 Å². The molecule has 4 aliphatic rings. The molecule has 2 aliphatic heterocycles. The highest BCUT2D eigenvalue weighted by Crippen LogP contribution is 2.60. The van der Waals surface area contributed by atoms with Crippen LogP contribution in [0.3, 0.4) is 0 Å². The van der Waals surface area contributed by atoms with E-state index in [0.29, 0.717) is 23.5 Å². The largest absolute Gasteiger partial charge is 0.377 e. The molecule has 2 saturated heterocycles. The molecular formula is C21H38N4O. The third-order valence-corrected chi connectivity index (χ3v) is 7.78. The van der Waals surface area contributed by atoms with Gasteiger partial charge in [0.25, 0.3) is 0 Å². The zero-order valence-electron chi connectivity index (χ0n) is 17.0. The first-order valence-electron chi connectivity index (χ1n) is 11.0. The molecule has 2 saturated carbocycles. The predicted octanol–water partition coefficient (Wildman–Crippen LogP) is 2.57. The molecule has 5 heteroatoms. The molecule has 4 unspecified atom stereocenters. The molecule has 0 amide bonds. The molecular weight excluding hydrogens is 324 g/mol. The molecule has 148 valence electrons. The lowest BCUT2D eigenvalue weighted by Crippen LogP contribution is -2.69. The normalized spacial score (nSPS) is 36.0. The fourth-order valence-corrected chi connectivity index (χ4v) is 6.36. The minimum Gasteiger partial charge on any atom is -0.377 e. The Morgan fingerprint density at radius 3 is 2.69 bits per heavy atom. The van der Waals surface area contributed by atoms with E-state index < -0.39 is 0 Å². The Labute approximate surface area is 159 Å². The van der Waals surface area contributed by atoms with Gasteiger partial charge in [-0.3, -0.25) is 4.99 Å². The molecule has 0 bridgehead atoms. The van der Waals surface area contributed by atoms with Gasteiger partial charge in [0.15, 0.2) is 5.96 Å². The zero-order chi connectivity index (χ0) is 18.1. The minimum atomic E-state index is 0.400. The maximum Gasteiger partial charge on any atom is 0.193 e. The highest BCUT2D eigenvalue weighted by molar-refractivity contribution is 5.80. The summed E-state index contributed by atoms with van der Waals surface area (Å²) in [6.07, 6.45) is 8.47. The average Bonchev–Trinajstić information content (AvgIpc) is 3.40. The standard InChI is InChI=1S/C21H38N4O/c1-4-24(5-2)14-16-8-12-25(15-16)20(22-3)23-18-17-9-13-26-19(17)21(18)10-6-7-11-21/h16-19H,4-15H2,1-3H3,(H,22,23). The van der Waals surface area contributed by atoms with Gasteiger partial charge in [0.2, 0.25) is 0 Å². The van der Waals surface area contributed by atoms with Crippen LogP contribution < -0.4 is 5.32 Å². The first-order valence-corrected chi connectivity index (χ1v) is 11.0. The Hall–Kier alpha value is -0.810. The van der Waals surface area contributed by atoms with Crippen molar-refractivity contribution in [2.45, 2.75) is 64.5 Å². The van der Waals surface area contributed by atoms with E-state index in [4.69, 9.17) is 9.73 Å². The van der Waals surface area contributed by atoms with Crippen molar-refractivity contribution >= 4 is 5.96 Å². The smallest absolute Gasteiger partial charge is 0.193 e. The lowest BCUT2D eigenvalue weighted by atomic mass is 9.54. The van der Waals surface area contributed by atoms with Gasteiger partial charge in [-0.15, -0.1) is 0 Å². The van der Waals surface area contributed by atoms with Gasteiger partial charge in [-0.05, 0) is 44.7 Å². The van der Waals surface area contributed by atoms with Gasteiger partial charge < -0.3 is 19.9 Å². The van der Waals surface area contributed by atoms with E-state index in [-0.39, 0.29) is 0 Å². The van der Waals surface area contributed by atoms with E-state index in [1.54, 1.807) is 0 Å². The second kappa shape index (κ2) is 7.67. The quantitative estimate of drug-likeness (QED) is 0.603. The number of nitrogens with one attached hydrogen (secondary N) is 1. The maximum absolute atomic E-state index is 6.15. The van der Waals surface area contributed by atoms with E-state index in [1.807, 2.05) is 7.05 Å².